The summed E-state index contributed by atoms with van der Waals surface area (Å²) in [5, 5.41) is 1.07. The molecule has 0 unspecified atom stereocenters. The predicted octanol–water partition coefficient (Wildman–Crippen LogP) is 4.30. The lowest BCUT2D eigenvalue weighted by molar-refractivity contribution is -0.127. The molecular formula is C19H20ClN3O2S. The van der Waals surface area contributed by atoms with Crippen LogP contribution in [0, 0.1) is 0 Å². The van der Waals surface area contributed by atoms with Crippen molar-refractivity contribution in [2.24, 2.45) is 0 Å². The summed E-state index contributed by atoms with van der Waals surface area (Å²) in [5.41, 5.74) is 3.59. The molecule has 1 amide bonds. The number of oxazole rings is 1. The van der Waals surface area contributed by atoms with Crippen LogP contribution in [0.4, 0.5) is 5.69 Å². The van der Waals surface area contributed by atoms with E-state index in [0.29, 0.717) is 22.4 Å². The lowest BCUT2D eigenvalue weighted by Crippen LogP contribution is -2.27. The topological polar surface area (TPSA) is 49.6 Å². The van der Waals surface area contributed by atoms with Gasteiger partial charge < -0.3 is 14.2 Å². The third kappa shape index (κ3) is 4.51. The van der Waals surface area contributed by atoms with Crippen molar-refractivity contribution in [3.05, 3.63) is 53.1 Å². The summed E-state index contributed by atoms with van der Waals surface area (Å²) in [6.45, 7) is 0.566. The highest BCUT2D eigenvalue weighted by Gasteiger charge is 2.13. The van der Waals surface area contributed by atoms with E-state index in [-0.39, 0.29) is 11.7 Å². The maximum Gasteiger partial charge on any atom is 0.257 e. The summed E-state index contributed by atoms with van der Waals surface area (Å²) < 4.78 is 5.62. The van der Waals surface area contributed by atoms with Gasteiger partial charge in [0.05, 0.1) is 5.75 Å². The van der Waals surface area contributed by atoms with Crippen LogP contribution in [0.3, 0.4) is 0 Å². The second kappa shape index (κ2) is 8.01. The van der Waals surface area contributed by atoms with Gasteiger partial charge >= 0.3 is 0 Å². The Morgan fingerprint density at radius 3 is 2.58 bits per heavy atom. The molecule has 5 nitrogen and oxygen atoms in total. The number of carbonyl (C=O) groups is 1. The third-order valence-electron chi connectivity index (χ3n) is 3.95. The van der Waals surface area contributed by atoms with Gasteiger partial charge in [0, 0.05) is 44.5 Å². The van der Waals surface area contributed by atoms with Crippen LogP contribution in [0.5, 0.6) is 0 Å². The van der Waals surface area contributed by atoms with Crippen LogP contribution in [0.15, 0.2) is 52.1 Å². The number of hydrogen-bond acceptors (Lipinski definition) is 5. The van der Waals surface area contributed by atoms with E-state index in [0.717, 1.165) is 16.8 Å². The van der Waals surface area contributed by atoms with Gasteiger partial charge in [-0.15, -0.1) is 0 Å². The highest BCUT2D eigenvalue weighted by Crippen LogP contribution is 2.26. The van der Waals surface area contributed by atoms with Crippen LogP contribution < -0.4 is 4.90 Å². The number of halogens is 1. The molecule has 0 aliphatic heterocycles. The molecule has 0 aliphatic rings. The molecule has 136 valence electrons. The van der Waals surface area contributed by atoms with Gasteiger partial charge in [0.1, 0.15) is 5.52 Å². The molecule has 0 N–H and O–H groups in total. The van der Waals surface area contributed by atoms with E-state index in [4.69, 9.17) is 16.0 Å². The van der Waals surface area contributed by atoms with Crippen molar-refractivity contribution in [3.8, 4) is 0 Å². The number of hydrogen-bond donors (Lipinski definition) is 0. The molecule has 0 bridgehead atoms. The predicted molar refractivity (Wildman–Crippen MR) is 107 cm³/mol. The Balaban J connectivity index is 1.56. The van der Waals surface area contributed by atoms with Crippen LogP contribution in [-0.4, -0.2) is 42.7 Å². The number of anilines is 1. The molecule has 0 fully saturated rings. The van der Waals surface area contributed by atoms with E-state index in [1.165, 1.54) is 11.8 Å². The van der Waals surface area contributed by atoms with Gasteiger partial charge in [0.15, 0.2) is 5.58 Å². The first-order chi connectivity index (χ1) is 12.4. The maximum atomic E-state index is 12.4. The SMILES string of the molecule is CN(Cc1ccc(N(C)C)cc1)C(=O)CSc1nc2ccc(Cl)cc2o1. The maximum absolute atomic E-state index is 12.4. The highest BCUT2D eigenvalue weighted by molar-refractivity contribution is 7.99. The van der Waals surface area contributed by atoms with Gasteiger partial charge in [0.25, 0.3) is 5.22 Å². The fourth-order valence-electron chi connectivity index (χ4n) is 2.43. The first-order valence-electron chi connectivity index (χ1n) is 8.11. The zero-order chi connectivity index (χ0) is 18.7. The van der Waals surface area contributed by atoms with Crippen molar-refractivity contribution in [1.82, 2.24) is 9.88 Å². The molecule has 0 atom stereocenters. The van der Waals surface area contributed by atoms with Crippen LogP contribution in [0.25, 0.3) is 11.1 Å². The van der Waals surface area contributed by atoms with E-state index in [9.17, 15) is 4.79 Å². The molecule has 0 saturated heterocycles. The second-order valence-corrected chi connectivity index (χ2v) is 7.55. The molecule has 0 aliphatic carbocycles. The Kier molecular flexibility index (Phi) is 5.74. The number of carbonyl (C=O) groups excluding carboxylic acids is 1. The van der Waals surface area contributed by atoms with Gasteiger partial charge in [-0.25, -0.2) is 4.98 Å². The molecule has 1 heterocycles. The normalized spacial score (nSPS) is 10.9. The van der Waals surface area contributed by atoms with E-state index < -0.39 is 0 Å². The zero-order valence-corrected chi connectivity index (χ0v) is 16.5. The molecule has 0 saturated carbocycles. The lowest BCUT2D eigenvalue weighted by Gasteiger charge is -2.18. The number of amides is 1. The van der Waals surface area contributed by atoms with E-state index in [1.807, 2.05) is 43.3 Å². The zero-order valence-electron chi connectivity index (χ0n) is 14.9. The monoisotopic (exact) mass is 389 g/mol. The number of fused-ring (bicyclic) bond motifs is 1. The van der Waals surface area contributed by atoms with Gasteiger partial charge in [-0.05, 0) is 29.8 Å². The summed E-state index contributed by atoms with van der Waals surface area (Å²) in [4.78, 5) is 20.5. The molecule has 3 aromatic rings. The van der Waals surface area contributed by atoms with Crippen molar-refractivity contribution in [2.45, 2.75) is 11.8 Å². The number of nitrogens with zero attached hydrogens (tertiary/aromatic N) is 3. The van der Waals surface area contributed by atoms with Gasteiger partial charge in [-0.3, -0.25) is 4.79 Å². The van der Waals surface area contributed by atoms with E-state index in [1.54, 1.807) is 30.1 Å². The molecule has 7 heteroatoms. The molecular weight excluding hydrogens is 370 g/mol. The average molecular weight is 390 g/mol. The minimum Gasteiger partial charge on any atom is -0.431 e. The first kappa shape index (κ1) is 18.6. The van der Waals surface area contributed by atoms with Crippen LogP contribution in [0.1, 0.15) is 5.56 Å². The molecule has 0 spiro atoms. The van der Waals surface area contributed by atoms with Crippen molar-refractivity contribution < 1.29 is 9.21 Å². The number of benzene rings is 2. The summed E-state index contributed by atoms with van der Waals surface area (Å²) in [6.07, 6.45) is 0. The number of rotatable bonds is 6. The van der Waals surface area contributed by atoms with Crippen LogP contribution in [-0.2, 0) is 11.3 Å². The molecule has 3 rings (SSSR count). The Bertz CT molecular complexity index is 909. The molecule has 26 heavy (non-hydrogen) atoms. The van der Waals surface area contributed by atoms with Crippen molar-refractivity contribution >= 4 is 46.1 Å². The smallest absolute Gasteiger partial charge is 0.257 e. The fourth-order valence-corrected chi connectivity index (χ4v) is 3.38. The van der Waals surface area contributed by atoms with E-state index in [2.05, 4.69) is 4.98 Å². The quantitative estimate of drug-likeness (QED) is 0.588. The van der Waals surface area contributed by atoms with Gasteiger partial charge in [0.2, 0.25) is 5.91 Å². The fraction of sp³-hybridized carbons (Fsp3) is 0.263. The van der Waals surface area contributed by atoms with E-state index >= 15 is 0 Å². The Hall–Kier alpha value is -2.18. The second-order valence-electron chi connectivity index (χ2n) is 6.19. The standard InChI is InChI=1S/C19H20ClN3O2S/c1-22(2)15-7-4-13(5-8-15)11-23(3)18(24)12-26-19-21-16-9-6-14(20)10-17(16)25-19/h4-10H,11-12H2,1-3H3. The Labute approximate surface area is 161 Å². The van der Waals surface area contributed by atoms with Crippen LogP contribution >= 0.6 is 23.4 Å². The summed E-state index contributed by atoms with van der Waals surface area (Å²) >= 11 is 7.23. The highest BCUT2D eigenvalue weighted by atomic mass is 35.5. The van der Waals surface area contributed by atoms with Gasteiger partial charge in [-0.2, -0.15) is 0 Å². The number of aromatic nitrogens is 1. The average Bonchev–Trinajstić information content (AvgIpc) is 3.02. The Morgan fingerprint density at radius 2 is 1.88 bits per heavy atom. The summed E-state index contributed by atoms with van der Waals surface area (Å²) in [5.74, 6) is 0.291. The molecule has 0 radical (unpaired) electrons. The first-order valence-corrected chi connectivity index (χ1v) is 9.48. The number of thioether (sulfide) groups is 1. The minimum absolute atomic E-state index is 0.0203. The largest absolute Gasteiger partial charge is 0.431 e. The van der Waals surface area contributed by atoms with Crippen molar-refractivity contribution in [3.63, 3.8) is 0 Å². The summed E-state index contributed by atoms with van der Waals surface area (Å²) in [6, 6.07) is 13.5. The summed E-state index contributed by atoms with van der Waals surface area (Å²) in [7, 11) is 5.80. The van der Waals surface area contributed by atoms with Crippen LogP contribution in [0.2, 0.25) is 5.02 Å². The molecule has 1 aromatic heterocycles. The Morgan fingerprint density at radius 1 is 1.15 bits per heavy atom. The third-order valence-corrected chi connectivity index (χ3v) is 5.00. The lowest BCUT2D eigenvalue weighted by atomic mass is 10.2. The van der Waals surface area contributed by atoms with Gasteiger partial charge in [-0.1, -0.05) is 35.5 Å². The minimum atomic E-state index is 0.0203. The van der Waals surface area contributed by atoms with Crippen molar-refractivity contribution in [2.75, 3.05) is 31.8 Å². The molecule has 2 aromatic carbocycles. The van der Waals surface area contributed by atoms with Crippen molar-refractivity contribution in [1.29, 1.82) is 0 Å².